The molecule has 5 heteroatoms. The number of benzene rings is 1. The van der Waals surface area contributed by atoms with Gasteiger partial charge in [-0.3, -0.25) is 4.79 Å². The topological polar surface area (TPSA) is 67.4 Å². The van der Waals surface area contributed by atoms with Crippen LogP contribution in [0.2, 0.25) is 0 Å². The van der Waals surface area contributed by atoms with Crippen LogP contribution in [-0.4, -0.2) is 32.2 Å². The van der Waals surface area contributed by atoms with Crippen LogP contribution in [0, 0.1) is 11.8 Å². The first kappa shape index (κ1) is 14.6. The van der Waals surface area contributed by atoms with Gasteiger partial charge in [0.1, 0.15) is 0 Å². The summed E-state index contributed by atoms with van der Waals surface area (Å²) in [6.45, 7) is 2.21. The first-order valence-electron chi connectivity index (χ1n) is 5.89. The SMILES string of the molecule is CCOC(=O)NCC#Cc1ccccc1C(=O)NC. The van der Waals surface area contributed by atoms with E-state index in [0.29, 0.717) is 17.7 Å². The third kappa shape index (κ3) is 4.72. The van der Waals surface area contributed by atoms with Crippen LogP contribution in [0.5, 0.6) is 0 Å². The molecule has 0 unspecified atom stereocenters. The lowest BCUT2D eigenvalue weighted by Crippen LogP contribution is -2.24. The smallest absolute Gasteiger partial charge is 0.407 e. The van der Waals surface area contributed by atoms with E-state index >= 15 is 0 Å². The summed E-state index contributed by atoms with van der Waals surface area (Å²) in [5.41, 5.74) is 1.13. The molecule has 2 N–H and O–H groups in total. The Kier molecular flexibility index (Phi) is 5.96. The minimum absolute atomic E-state index is 0.168. The molecule has 0 bridgehead atoms. The zero-order chi connectivity index (χ0) is 14.1. The Hall–Kier alpha value is -2.48. The van der Waals surface area contributed by atoms with Crippen molar-refractivity contribution in [2.24, 2.45) is 0 Å². The van der Waals surface area contributed by atoms with Crippen molar-refractivity contribution >= 4 is 12.0 Å². The van der Waals surface area contributed by atoms with Crippen LogP contribution in [0.4, 0.5) is 4.79 Å². The van der Waals surface area contributed by atoms with E-state index in [1.807, 2.05) is 0 Å². The lowest BCUT2D eigenvalue weighted by molar-refractivity contribution is 0.0962. The molecule has 0 atom stereocenters. The predicted octanol–water partition coefficient (Wildman–Crippen LogP) is 1.14. The van der Waals surface area contributed by atoms with Gasteiger partial charge in [-0.15, -0.1) is 0 Å². The zero-order valence-electron chi connectivity index (χ0n) is 10.9. The van der Waals surface area contributed by atoms with Crippen LogP contribution >= 0.6 is 0 Å². The number of hydrogen-bond donors (Lipinski definition) is 2. The summed E-state index contributed by atoms with van der Waals surface area (Å²) in [6, 6.07) is 7.02. The molecule has 0 heterocycles. The van der Waals surface area contributed by atoms with E-state index < -0.39 is 6.09 Å². The Morgan fingerprint density at radius 1 is 1.32 bits per heavy atom. The molecular formula is C14H16N2O3. The largest absolute Gasteiger partial charge is 0.450 e. The number of carbonyl (C=O) groups is 2. The summed E-state index contributed by atoms with van der Waals surface area (Å²) in [7, 11) is 1.56. The maximum atomic E-state index is 11.6. The van der Waals surface area contributed by atoms with Gasteiger partial charge in [0, 0.05) is 12.6 Å². The molecule has 1 aromatic carbocycles. The molecule has 5 nitrogen and oxygen atoms in total. The van der Waals surface area contributed by atoms with E-state index in [1.54, 1.807) is 38.2 Å². The van der Waals surface area contributed by atoms with Gasteiger partial charge < -0.3 is 15.4 Å². The predicted molar refractivity (Wildman–Crippen MR) is 71.7 cm³/mol. The molecule has 0 aromatic heterocycles. The quantitative estimate of drug-likeness (QED) is 0.801. The third-order valence-electron chi connectivity index (χ3n) is 2.22. The molecule has 0 aliphatic rings. The van der Waals surface area contributed by atoms with E-state index in [1.165, 1.54) is 0 Å². The summed E-state index contributed by atoms with van der Waals surface area (Å²) in [4.78, 5) is 22.6. The van der Waals surface area contributed by atoms with Crippen LogP contribution in [0.3, 0.4) is 0 Å². The highest BCUT2D eigenvalue weighted by atomic mass is 16.5. The minimum atomic E-state index is -0.503. The Balaban J connectivity index is 2.68. The van der Waals surface area contributed by atoms with Gasteiger partial charge in [-0.1, -0.05) is 24.0 Å². The highest BCUT2D eigenvalue weighted by Gasteiger charge is 2.06. The van der Waals surface area contributed by atoms with Gasteiger partial charge >= 0.3 is 6.09 Å². The molecule has 0 aliphatic carbocycles. The molecule has 0 fully saturated rings. The van der Waals surface area contributed by atoms with Crippen molar-refractivity contribution in [2.45, 2.75) is 6.92 Å². The maximum Gasteiger partial charge on any atom is 0.407 e. The van der Waals surface area contributed by atoms with E-state index in [9.17, 15) is 9.59 Å². The summed E-state index contributed by atoms with van der Waals surface area (Å²) in [6.07, 6.45) is -0.503. The second-order valence-corrected chi connectivity index (χ2v) is 3.50. The number of hydrogen-bond acceptors (Lipinski definition) is 3. The van der Waals surface area contributed by atoms with Crippen LogP contribution in [-0.2, 0) is 4.74 Å². The highest BCUT2D eigenvalue weighted by molar-refractivity contribution is 5.96. The van der Waals surface area contributed by atoms with E-state index in [0.717, 1.165) is 0 Å². The number of rotatable bonds is 3. The van der Waals surface area contributed by atoms with E-state index in [-0.39, 0.29) is 12.5 Å². The van der Waals surface area contributed by atoms with Crippen molar-refractivity contribution in [2.75, 3.05) is 20.2 Å². The first-order chi connectivity index (χ1) is 9.19. The summed E-state index contributed by atoms with van der Waals surface area (Å²) >= 11 is 0. The minimum Gasteiger partial charge on any atom is -0.450 e. The lowest BCUT2D eigenvalue weighted by atomic mass is 10.1. The second kappa shape index (κ2) is 7.77. The molecular weight excluding hydrogens is 244 g/mol. The monoisotopic (exact) mass is 260 g/mol. The number of carbonyl (C=O) groups excluding carboxylic acids is 2. The lowest BCUT2D eigenvalue weighted by Gasteiger charge is -2.02. The Labute approximate surface area is 112 Å². The van der Waals surface area contributed by atoms with Gasteiger partial charge in [0.15, 0.2) is 0 Å². The van der Waals surface area contributed by atoms with Crippen molar-refractivity contribution in [1.29, 1.82) is 0 Å². The summed E-state index contributed by atoms with van der Waals surface area (Å²) in [5, 5.41) is 5.03. The summed E-state index contributed by atoms with van der Waals surface area (Å²) < 4.78 is 4.69. The molecule has 0 aliphatic heterocycles. The number of nitrogens with one attached hydrogen (secondary N) is 2. The molecule has 0 radical (unpaired) electrons. The molecule has 19 heavy (non-hydrogen) atoms. The van der Waals surface area contributed by atoms with Gasteiger partial charge in [-0.25, -0.2) is 4.79 Å². The standard InChI is InChI=1S/C14H16N2O3/c1-3-19-14(18)16-10-6-8-11-7-4-5-9-12(11)13(17)15-2/h4-5,7,9H,3,10H2,1-2H3,(H,15,17)(H,16,18). The van der Waals surface area contributed by atoms with Crippen LogP contribution in [0.1, 0.15) is 22.8 Å². The number of amides is 2. The van der Waals surface area contributed by atoms with Crippen LogP contribution < -0.4 is 10.6 Å². The van der Waals surface area contributed by atoms with Crippen molar-refractivity contribution in [1.82, 2.24) is 10.6 Å². The molecule has 2 amide bonds. The van der Waals surface area contributed by atoms with Gasteiger partial charge in [0.05, 0.1) is 18.7 Å². The molecule has 1 aromatic rings. The molecule has 0 saturated heterocycles. The van der Waals surface area contributed by atoms with Crippen molar-refractivity contribution < 1.29 is 14.3 Å². The van der Waals surface area contributed by atoms with Gasteiger partial charge in [-0.2, -0.15) is 0 Å². The Morgan fingerprint density at radius 3 is 2.74 bits per heavy atom. The molecule has 100 valence electrons. The maximum absolute atomic E-state index is 11.6. The normalized spacial score (nSPS) is 8.95. The second-order valence-electron chi connectivity index (χ2n) is 3.50. The van der Waals surface area contributed by atoms with Crippen LogP contribution in [0.25, 0.3) is 0 Å². The van der Waals surface area contributed by atoms with E-state index in [2.05, 4.69) is 22.5 Å². The molecule has 0 saturated carbocycles. The Bertz CT molecular complexity index is 515. The van der Waals surface area contributed by atoms with Crippen molar-refractivity contribution in [3.63, 3.8) is 0 Å². The van der Waals surface area contributed by atoms with Gasteiger partial charge in [0.2, 0.25) is 0 Å². The van der Waals surface area contributed by atoms with Gasteiger partial charge in [0.25, 0.3) is 5.91 Å². The fourth-order valence-corrected chi connectivity index (χ4v) is 1.36. The third-order valence-corrected chi connectivity index (χ3v) is 2.22. The van der Waals surface area contributed by atoms with E-state index in [4.69, 9.17) is 4.74 Å². The highest BCUT2D eigenvalue weighted by Crippen LogP contribution is 2.06. The van der Waals surface area contributed by atoms with Crippen molar-refractivity contribution in [3.05, 3.63) is 35.4 Å². The number of ether oxygens (including phenoxy) is 1. The molecule has 1 rings (SSSR count). The number of alkyl carbamates (subject to hydrolysis) is 1. The summed E-state index contributed by atoms with van der Waals surface area (Å²) in [5.74, 6) is 5.42. The zero-order valence-corrected chi connectivity index (χ0v) is 10.9. The Morgan fingerprint density at radius 2 is 2.05 bits per heavy atom. The fourth-order valence-electron chi connectivity index (χ4n) is 1.36. The van der Waals surface area contributed by atoms with Crippen LogP contribution in [0.15, 0.2) is 24.3 Å². The first-order valence-corrected chi connectivity index (χ1v) is 5.89. The van der Waals surface area contributed by atoms with Gasteiger partial charge in [-0.05, 0) is 19.1 Å². The average molecular weight is 260 g/mol. The fraction of sp³-hybridized carbons (Fsp3) is 0.286. The average Bonchev–Trinajstić information content (AvgIpc) is 2.43. The molecule has 0 spiro atoms. The van der Waals surface area contributed by atoms with Crippen molar-refractivity contribution in [3.8, 4) is 11.8 Å².